The molecule has 0 radical (unpaired) electrons. The molecule has 8 aromatic heterocycles. The molecule has 36 heteroatoms. The van der Waals surface area contributed by atoms with E-state index >= 15 is 0 Å². The highest BCUT2D eigenvalue weighted by molar-refractivity contribution is 7.90. The van der Waals surface area contributed by atoms with Crippen LogP contribution in [0.4, 0.5) is 49.4 Å². The topological polar surface area (TPSA) is 308 Å². The Hall–Kier alpha value is -8.75. The third kappa shape index (κ3) is 21.7. The molecule has 0 bridgehead atoms. The summed E-state index contributed by atoms with van der Waals surface area (Å²) in [6.45, 7) is 21.1. The smallest absolute Gasteiger partial charge is 0.410 e. The highest BCUT2D eigenvalue weighted by Crippen LogP contribution is 2.35. The van der Waals surface area contributed by atoms with E-state index in [1.807, 2.05) is 48.5 Å². The standard InChI is InChI=1S/C28H30ClFN6O4S.C21H24ClFN6O2.C14H20ClFN4O2.C4HCl2FN2/c1-17-7-9-20(10-8-17)41(38,39)36-16-22(21-12-18(29)13-32-26(21)36)24-31-14-23(30)25(34-24)33-19-6-5-11-35(15-19)27(37)40-28(2,3)4;1-21(2,3)31-20(30)29-6-4-5-13(11-29)27-19-16(23)10-26-18(28-19)15-9-25-17-14(15)7-12(22)8-24-17;1-14(2,3)22-13(21)20-6-4-5-9(8-20)18-11-10(16)7-17-12(15)19-11;5-3-2(7)1-8-4(6)9-3/h7-10,12-14,16,19H,5-6,11,15H2,1-4H3,(H,31,33,34);7-10,13H,4-6,11H2,1-3H3,(H,24,25)(H,26,27,28);7,9H,4-6,8H2,1-3H3,(H,17,18,19);1H/t19-;13-;9-;/m000./s1. The lowest BCUT2D eigenvalue weighted by Gasteiger charge is -2.34. The molecular formula is C67H75Cl5F4N18O8S. The van der Waals surface area contributed by atoms with Crippen LogP contribution < -0.4 is 16.0 Å². The van der Waals surface area contributed by atoms with E-state index in [4.69, 9.17) is 72.2 Å². The third-order valence-electron chi connectivity index (χ3n) is 15.3. The normalized spacial score (nSPS) is 16.5. The fraction of sp³-hybridized carbons (Fsp3) is 0.418. The number of fused-ring (bicyclic) bond motifs is 2. The number of likely N-dealkylation sites (tertiary alicyclic amines) is 3. The first-order chi connectivity index (χ1) is 48.4. The van der Waals surface area contributed by atoms with Crippen molar-refractivity contribution in [1.82, 2.24) is 73.5 Å². The van der Waals surface area contributed by atoms with Gasteiger partial charge in [-0.15, -0.1) is 0 Å². The number of aromatic amines is 1. The van der Waals surface area contributed by atoms with Crippen molar-refractivity contribution in [2.75, 3.05) is 55.2 Å². The van der Waals surface area contributed by atoms with Crippen LogP contribution in [-0.2, 0) is 24.2 Å². The van der Waals surface area contributed by atoms with Crippen LogP contribution in [0.2, 0.25) is 25.8 Å². The number of carbonyl (C=O) groups is 3. The minimum absolute atomic E-state index is 0.0243. The van der Waals surface area contributed by atoms with Crippen LogP contribution in [0.1, 0.15) is 106 Å². The zero-order valence-electron chi connectivity index (χ0n) is 57.6. The summed E-state index contributed by atoms with van der Waals surface area (Å²) in [5.74, 6) is -1.98. The number of nitrogens with one attached hydrogen (secondary N) is 4. The minimum Gasteiger partial charge on any atom is -0.444 e. The maximum absolute atomic E-state index is 14.9. The summed E-state index contributed by atoms with van der Waals surface area (Å²) in [6.07, 6.45) is 13.5. The molecule has 103 heavy (non-hydrogen) atoms. The Bertz CT molecular complexity index is 4650. The van der Waals surface area contributed by atoms with Gasteiger partial charge >= 0.3 is 18.3 Å². The largest absolute Gasteiger partial charge is 0.444 e. The second kappa shape index (κ2) is 33.4. The zero-order valence-corrected chi connectivity index (χ0v) is 62.2. The number of halogens is 9. The van der Waals surface area contributed by atoms with Gasteiger partial charge in [-0.25, -0.2) is 89.2 Å². The molecular weight excluding hydrogens is 1470 g/mol. The highest BCUT2D eigenvalue weighted by Gasteiger charge is 2.33. The summed E-state index contributed by atoms with van der Waals surface area (Å²) in [5.41, 5.74) is 0.939. The molecule has 0 spiro atoms. The summed E-state index contributed by atoms with van der Waals surface area (Å²) in [7, 11) is -4.03. The number of aryl methyl sites for hydroxylation is 1. The molecule has 12 rings (SSSR count). The maximum Gasteiger partial charge on any atom is 0.410 e. The van der Waals surface area contributed by atoms with E-state index in [-0.39, 0.29) is 84.9 Å². The number of aromatic nitrogens is 12. The van der Waals surface area contributed by atoms with Gasteiger partial charge in [-0.1, -0.05) is 52.5 Å². The second-order valence-corrected chi connectivity index (χ2v) is 30.8. The molecule has 3 aliphatic rings. The van der Waals surface area contributed by atoms with Gasteiger partial charge in [0.15, 0.2) is 63.2 Å². The molecule has 0 saturated carbocycles. The van der Waals surface area contributed by atoms with E-state index in [9.17, 15) is 40.4 Å². The molecule has 1 aromatic carbocycles. The number of H-pyrrole nitrogens is 1. The van der Waals surface area contributed by atoms with Crippen molar-refractivity contribution in [3.8, 4) is 22.8 Å². The second-order valence-electron chi connectivity index (χ2n) is 27.1. The van der Waals surface area contributed by atoms with Crippen LogP contribution in [0.15, 0.2) is 90.9 Å². The van der Waals surface area contributed by atoms with Crippen LogP contribution in [0.5, 0.6) is 0 Å². The lowest BCUT2D eigenvalue weighted by molar-refractivity contribution is 0.0196. The van der Waals surface area contributed by atoms with E-state index in [0.29, 0.717) is 85.1 Å². The number of hydrogen-bond donors (Lipinski definition) is 4. The van der Waals surface area contributed by atoms with Gasteiger partial charge in [0.2, 0.25) is 10.6 Å². The number of carbonyl (C=O) groups excluding carboxylic acids is 3. The van der Waals surface area contributed by atoms with Crippen molar-refractivity contribution in [1.29, 1.82) is 0 Å². The van der Waals surface area contributed by atoms with Crippen LogP contribution in [0, 0.1) is 30.2 Å². The first-order valence-electron chi connectivity index (χ1n) is 32.4. The highest BCUT2D eigenvalue weighted by atomic mass is 35.5. The van der Waals surface area contributed by atoms with Crippen molar-refractivity contribution in [3.63, 3.8) is 0 Å². The molecule has 3 atom stereocenters. The number of pyridine rings is 2. The number of benzene rings is 1. The maximum atomic E-state index is 14.9. The number of hydrogen-bond acceptors (Lipinski definition) is 21. The SMILES string of the molecule is CC(C)(C)OC(=O)N1CCC[C@H](Nc2nc(-c3c[nH]c4ncc(Cl)cc34)ncc2F)C1.CC(C)(C)OC(=O)N1CCC[C@H](Nc2nc(Cl)ncc2F)C1.Cc1ccc(S(=O)(=O)n2cc(-c3ncc(F)c(N[C@H]4CCCN(C(=O)OC(C)(C)C)C4)n3)c3cc(Cl)cnc32)cc1.Fc1cnc(Cl)nc1Cl. The lowest BCUT2D eigenvalue weighted by atomic mass is 10.1. The fourth-order valence-corrected chi connectivity index (χ4v) is 12.8. The lowest BCUT2D eigenvalue weighted by Crippen LogP contribution is -2.47. The summed E-state index contributed by atoms with van der Waals surface area (Å²) < 4.78 is 99.8. The Kier molecular flexibility index (Phi) is 25.4. The molecule has 3 fully saturated rings. The number of amides is 3. The Morgan fingerprint density at radius 3 is 1.38 bits per heavy atom. The zero-order chi connectivity index (χ0) is 74.9. The average Bonchev–Trinajstić information content (AvgIpc) is 1.61. The van der Waals surface area contributed by atoms with Gasteiger partial charge in [-0.3, -0.25) is 0 Å². The predicted octanol–water partition coefficient (Wildman–Crippen LogP) is 15.3. The van der Waals surface area contributed by atoms with Crippen molar-refractivity contribution in [3.05, 3.63) is 141 Å². The monoisotopic (exact) mass is 1540 g/mol. The summed E-state index contributed by atoms with van der Waals surface area (Å²) >= 11 is 28.4. The Labute approximate surface area is 616 Å². The van der Waals surface area contributed by atoms with Crippen LogP contribution in [-0.4, -0.2) is 174 Å². The Morgan fingerprint density at radius 2 is 0.932 bits per heavy atom. The first kappa shape index (κ1) is 78.4. The molecule has 26 nitrogen and oxygen atoms in total. The van der Waals surface area contributed by atoms with Crippen molar-refractivity contribution >= 4 is 126 Å². The third-order valence-corrected chi connectivity index (χ3v) is 18.0. The number of rotatable bonds is 10. The van der Waals surface area contributed by atoms with E-state index in [1.165, 1.54) is 24.5 Å². The van der Waals surface area contributed by atoms with Gasteiger partial charge in [0.25, 0.3) is 10.0 Å². The number of piperidine rings is 3. The van der Waals surface area contributed by atoms with Crippen molar-refractivity contribution < 1.29 is 54.6 Å². The molecule has 11 heterocycles. The molecule has 0 aliphatic carbocycles. The van der Waals surface area contributed by atoms with Gasteiger partial charge in [0.05, 0.1) is 39.7 Å². The first-order valence-corrected chi connectivity index (χ1v) is 35.7. The quantitative estimate of drug-likeness (QED) is 0.0428. The van der Waals surface area contributed by atoms with E-state index < -0.39 is 56.2 Å². The van der Waals surface area contributed by atoms with Crippen molar-refractivity contribution in [2.45, 2.75) is 148 Å². The van der Waals surface area contributed by atoms with Gasteiger partial charge in [-0.05, 0) is 155 Å². The number of nitrogens with zero attached hydrogens (tertiary/aromatic N) is 14. The minimum atomic E-state index is -4.03. The van der Waals surface area contributed by atoms with Crippen LogP contribution >= 0.6 is 58.0 Å². The van der Waals surface area contributed by atoms with Crippen LogP contribution in [0.25, 0.3) is 44.8 Å². The van der Waals surface area contributed by atoms with Gasteiger partial charge < -0.3 is 49.8 Å². The average molecular weight is 1550 g/mol. The summed E-state index contributed by atoms with van der Waals surface area (Å²) in [6, 6.07) is 9.24. The Morgan fingerprint density at radius 1 is 0.524 bits per heavy atom. The van der Waals surface area contributed by atoms with E-state index in [0.717, 1.165) is 65.4 Å². The van der Waals surface area contributed by atoms with E-state index in [2.05, 4.69) is 70.8 Å². The van der Waals surface area contributed by atoms with Gasteiger partial charge in [0, 0.05) is 104 Å². The van der Waals surface area contributed by atoms with E-state index in [1.54, 1.807) is 72.1 Å². The molecule has 3 amide bonds. The van der Waals surface area contributed by atoms with Crippen LogP contribution in [0.3, 0.4) is 0 Å². The number of ether oxygens (including phenoxy) is 3. The molecule has 3 saturated heterocycles. The molecule has 0 unspecified atom stereocenters. The predicted molar refractivity (Wildman–Crippen MR) is 384 cm³/mol. The fourth-order valence-electron chi connectivity index (χ4n) is 10.7. The van der Waals surface area contributed by atoms with Gasteiger partial charge in [0.1, 0.15) is 22.5 Å². The molecule has 9 aromatic rings. The molecule has 3 aliphatic heterocycles. The molecule has 550 valence electrons. The molecule has 4 N–H and O–H groups in total. The van der Waals surface area contributed by atoms with Gasteiger partial charge in [-0.2, -0.15) is 4.98 Å². The Balaban J connectivity index is 0.000000175. The summed E-state index contributed by atoms with van der Waals surface area (Å²) in [5, 5.41) is 10.8. The summed E-state index contributed by atoms with van der Waals surface area (Å²) in [4.78, 5) is 84.7. The van der Waals surface area contributed by atoms with Crippen molar-refractivity contribution in [2.24, 2.45) is 0 Å². The number of anilines is 3.